The van der Waals surface area contributed by atoms with Gasteiger partial charge in [0.2, 0.25) is 0 Å². The first kappa shape index (κ1) is 12.0. The Hall–Kier alpha value is -1.42. The van der Waals surface area contributed by atoms with E-state index in [0.717, 1.165) is 12.8 Å². The zero-order valence-corrected chi connectivity index (χ0v) is 10.2. The van der Waals surface area contributed by atoms with Crippen LogP contribution in [0.2, 0.25) is 5.02 Å². The van der Waals surface area contributed by atoms with Crippen LogP contribution in [0.5, 0.6) is 5.75 Å². The quantitative estimate of drug-likeness (QED) is 0.793. The molecular weight excluding hydrogens is 240 g/mol. The SMILES string of the molecule is Nc1ccc(Cl)c(OC2CCCCNC2=O)c1. The first-order valence-electron chi connectivity index (χ1n) is 5.66. The molecule has 1 fully saturated rings. The Balaban J connectivity index is 2.13. The van der Waals surface area contributed by atoms with E-state index in [9.17, 15) is 4.79 Å². The van der Waals surface area contributed by atoms with Gasteiger partial charge in [-0.25, -0.2) is 0 Å². The molecule has 1 amide bonds. The molecule has 92 valence electrons. The van der Waals surface area contributed by atoms with E-state index in [1.165, 1.54) is 0 Å². The number of nitrogen functional groups attached to an aromatic ring is 1. The predicted molar refractivity (Wildman–Crippen MR) is 67.1 cm³/mol. The maximum atomic E-state index is 11.7. The van der Waals surface area contributed by atoms with E-state index in [-0.39, 0.29) is 5.91 Å². The average molecular weight is 255 g/mol. The fraction of sp³-hybridized carbons (Fsp3) is 0.417. The number of carbonyl (C=O) groups is 1. The van der Waals surface area contributed by atoms with Gasteiger partial charge in [0, 0.05) is 18.3 Å². The second-order valence-electron chi connectivity index (χ2n) is 4.08. The van der Waals surface area contributed by atoms with Gasteiger partial charge in [-0.1, -0.05) is 11.6 Å². The molecule has 0 aliphatic carbocycles. The van der Waals surface area contributed by atoms with Gasteiger partial charge in [-0.2, -0.15) is 0 Å². The maximum Gasteiger partial charge on any atom is 0.261 e. The summed E-state index contributed by atoms with van der Waals surface area (Å²) in [6.45, 7) is 0.712. The standard InChI is InChI=1S/C12H15ClN2O2/c13-9-5-4-8(14)7-11(9)17-10-3-1-2-6-15-12(10)16/h4-5,7,10H,1-3,6,14H2,(H,15,16). The Morgan fingerprint density at radius 2 is 2.24 bits per heavy atom. The van der Waals surface area contributed by atoms with Crippen molar-refractivity contribution in [2.24, 2.45) is 0 Å². The zero-order chi connectivity index (χ0) is 12.3. The lowest BCUT2D eigenvalue weighted by Crippen LogP contribution is -2.36. The Morgan fingerprint density at radius 1 is 1.41 bits per heavy atom. The topological polar surface area (TPSA) is 64.3 Å². The van der Waals surface area contributed by atoms with E-state index in [0.29, 0.717) is 29.4 Å². The molecule has 3 N–H and O–H groups in total. The second kappa shape index (κ2) is 5.27. The van der Waals surface area contributed by atoms with Crippen LogP contribution in [0.25, 0.3) is 0 Å². The summed E-state index contributed by atoms with van der Waals surface area (Å²) in [5, 5.41) is 3.28. The highest BCUT2D eigenvalue weighted by Crippen LogP contribution is 2.28. The summed E-state index contributed by atoms with van der Waals surface area (Å²) < 4.78 is 5.64. The lowest BCUT2D eigenvalue weighted by atomic mass is 10.2. The van der Waals surface area contributed by atoms with Gasteiger partial charge < -0.3 is 15.8 Å². The Bertz CT molecular complexity index is 423. The number of amides is 1. The fourth-order valence-corrected chi connectivity index (χ4v) is 1.95. The third kappa shape index (κ3) is 3.03. The predicted octanol–water partition coefficient (Wildman–Crippen LogP) is 1.97. The largest absolute Gasteiger partial charge is 0.479 e. The summed E-state index contributed by atoms with van der Waals surface area (Å²) in [6, 6.07) is 5.00. The molecule has 0 radical (unpaired) electrons. The van der Waals surface area contributed by atoms with Crippen molar-refractivity contribution < 1.29 is 9.53 Å². The number of anilines is 1. The van der Waals surface area contributed by atoms with Crippen molar-refractivity contribution in [2.75, 3.05) is 12.3 Å². The van der Waals surface area contributed by atoms with Crippen molar-refractivity contribution in [3.63, 3.8) is 0 Å². The molecule has 17 heavy (non-hydrogen) atoms. The molecule has 5 heteroatoms. The van der Waals surface area contributed by atoms with Gasteiger partial charge >= 0.3 is 0 Å². The lowest BCUT2D eigenvalue weighted by molar-refractivity contribution is -0.127. The van der Waals surface area contributed by atoms with E-state index in [1.807, 2.05) is 0 Å². The number of benzene rings is 1. The normalized spacial score (nSPS) is 20.5. The van der Waals surface area contributed by atoms with Gasteiger partial charge in [0.15, 0.2) is 6.10 Å². The van der Waals surface area contributed by atoms with Crippen LogP contribution >= 0.6 is 11.6 Å². The van der Waals surface area contributed by atoms with Crippen LogP contribution in [-0.2, 0) is 4.79 Å². The molecule has 0 bridgehead atoms. The van der Waals surface area contributed by atoms with Crippen LogP contribution in [0, 0.1) is 0 Å². The molecule has 2 rings (SSSR count). The smallest absolute Gasteiger partial charge is 0.261 e. The van der Waals surface area contributed by atoms with Gasteiger partial charge in [-0.3, -0.25) is 4.79 Å². The van der Waals surface area contributed by atoms with Crippen molar-refractivity contribution in [1.82, 2.24) is 5.32 Å². The highest BCUT2D eigenvalue weighted by Gasteiger charge is 2.23. The van der Waals surface area contributed by atoms with E-state index >= 15 is 0 Å². The van der Waals surface area contributed by atoms with Crippen molar-refractivity contribution in [3.05, 3.63) is 23.2 Å². The van der Waals surface area contributed by atoms with Gasteiger partial charge in [0.25, 0.3) is 5.91 Å². The van der Waals surface area contributed by atoms with E-state index < -0.39 is 6.10 Å². The van der Waals surface area contributed by atoms with E-state index in [2.05, 4.69) is 5.32 Å². The number of nitrogens with two attached hydrogens (primary N) is 1. The second-order valence-corrected chi connectivity index (χ2v) is 4.49. The van der Waals surface area contributed by atoms with Crippen LogP contribution in [-0.4, -0.2) is 18.6 Å². The molecule has 0 saturated carbocycles. The first-order chi connectivity index (χ1) is 8.16. The average Bonchev–Trinajstić information content (AvgIpc) is 2.50. The monoisotopic (exact) mass is 254 g/mol. The van der Waals surface area contributed by atoms with Gasteiger partial charge in [-0.15, -0.1) is 0 Å². The minimum atomic E-state index is -0.475. The number of hydrogen-bond acceptors (Lipinski definition) is 3. The summed E-state index contributed by atoms with van der Waals surface area (Å²) in [7, 11) is 0. The molecule has 1 saturated heterocycles. The summed E-state index contributed by atoms with van der Waals surface area (Å²) in [5.74, 6) is 0.384. The summed E-state index contributed by atoms with van der Waals surface area (Å²) >= 11 is 5.99. The minimum absolute atomic E-state index is 0.0824. The van der Waals surface area contributed by atoms with Crippen LogP contribution in [0.1, 0.15) is 19.3 Å². The van der Waals surface area contributed by atoms with Crippen LogP contribution < -0.4 is 15.8 Å². The summed E-state index contributed by atoms with van der Waals surface area (Å²) in [6.07, 6.45) is 2.17. The van der Waals surface area contributed by atoms with Gasteiger partial charge in [0.05, 0.1) is 5.02 Å². The molecule has 0 aromatic heterocycles. The molecule has 1 atom stereocenters. The van der Waals surface area contributed by atoms with Crippen LogP contribution in [0.15, 0.2) is 18.2 Å². The molecular formula is C12H15ClN2O2. The molecule has 1 unspecified atom stereocenters. The number of rotatable bonds is 2. The summed E-state index contributed by atoms with van der Waals surface area (Å²) in [5.41, 5.74) is 6.23. The van der Waals surface area contributed by atoms with Crippen molar-refractivity contribution in [2.45, 2.75) is 25.4 Å². The highest BCUT2D eigenvalue weighted by molar-refractivity contribution is 6.32. The van der Waals surface area contributed by atoms with Gasteiger partial charge in [-0.05, 0) is 31.4 Å². The number of halogens is 1. The number of nitrogens with one attached hydrogen (secondary N) is 1. The number of hydrogen-bond donors (Lipinski definition) is 2. The molecule has 1 aliphatic rings. The van der Waals surface area contributed by atoms with Crippen molar-refractivity contribution in [1.29, 1.82) is 0 Å². The lowest BCUT2D eigenvalue weighted by Gasteiger charge is -2.17. The highest BCUT2D eigenvalue weighted by atomic mass is 35.5. The molecule has 1 aromatic carbocycles. The maximum absolute atomic E-state index is 11.7. The molecule has 1 aliphatic heterocycles. The molecule has 1 heterocycles. The zero-order valence-electron chi connectivity index (χ0n) is 9.41. The van der Waals surface area contributed by atoms with Crippen molar-refractivity contribution in [3.8, 4) is 5.75 Å². The Morgan fingerprint density at radius 3 is 3.06 bits per heavy atom. The Labute approximate surface area is 105 Å². The Kier molecular flexibility index (Phi) is 3.74. The first-order valence-corrected chi connectivity index (χ1v) is 6.04. The van der Waals surface area contributed by atoms with E-state index in [1.54, 1.807) is 18.2 Å². The summed E-state index contributed by atoms with van der Waals surface area (Å²) in [4.78, 5) is 11.7. The number of carbonyl (C=O) groups excluding carboxylic acids is 1. The van der Waals surface area contributed by atoms with E-state index in [4.69, 9.17) is 22.1 Å². The van der Waals surface area contributed by atoms with Crippen LogP contribution in [0.4, 0.5) is 5.69 Å². The number of ether oxygens (including phenoxy) is 1. The van der Waals surface area contributed by atoms with Gasteiger partial charge in [0.1, 0.15) is 5.75 Å². The minimum Gasteiger partial charge on any atom is -0.479 e. The third-order valence-electron chi connectivity index (χ3n) is 2.71. The van der Waals surface area contributed by atoms with Crippen molar-refractivity contribution >= 4 is 23.2 Å². The molecule has 0 spiro atoms. The van der Waals surface area contributed by atoms with Crippen LogP contribution in [0.3, 0.4) is 0 Å². The molecule has 4 nitrogen and oxygen atoms in total. The molecule has 1 aromatic rings. The third-order valence-corrected chi connectivity index (χ3v) is 3.02. The fourth-order valence-electron chi connectivity index (χ4n) is 1.79.